The van der Waals surface area contributed by atoms with Crippen molar-refractivity contribution in [2.45, 2.75) is 69.4 Å². The van der Waals surface area contributed by atoms with Crippen molar-refractivity contribution in [1.29, 1.82) is 0 Å². The zero-order valence-electron chi connectivity index (χ0n) is 25.8. The normalized spacial score (nSPS) is 21.4. The molecule has 0 bridgehead atoms. The Labute approximate surface area is 263 Å². The van der Waals surface area contributed by atoms with Crippen molar-refractivity contribution in [3.05, 3.63) is 89.6 Å². The lowest BCUT2D eigenvalue weighted by molar-refractivity contribution is -1.11. The van der Waals surface area contributed by atoms with Crippen LogP contribution >= 0.6 is 0 Å². The number of methoxy groups -OCH3 is 1. The summed E-state index contributed by atoms with van der Waals surface area (Å²) in [5.74, 6) is -0.935. The van der Waals surface area contributed by atoms with Gasteiger partial charge in [0.05, 0.1) is 11.5 Å². The number of benzene rings is 2. The third-order valence-corrected chi connectivity index (χ3v) is 9.54. The van der Waals surface area contributed by atoms with E-state index in [9.17, 15) is 26.4 Å². The molecule has 1 aliphatic heterocycles. The van der Waals surface area contributed by atoms with E-state index in [1.807, 2.05) is 31.2 Å². The number of hydrogen-bond donors (Lipinski definition) is 1. The first kappa shape index (κ1) is 34.6. The van der Waals surface area contributed by atoms with E-state index in [0.717, 1.165) is 31.7 Å². The molecule has 2 heterocycles. The molecule has 1 fully saturated rings. The number of hydrogen-bond acceptors (Lipinski definition) is 6. The van der Waals surface area contributed by atoms with Gasteiger partial charge in [-0.3, -0.25) is 9.52 Å². The number of Topliss-reactive ketones (excluding diaryl/α,β-unsaturated/α-hetero) is 1. The fourth-order valence-electron chi connectivity index (χ4n) is 5.95. The molecule has 0 amide bonds. The average Bonchev–Trinajstić information content (AvgIpc) is 3.01. The monoisotopic (exact) mass is 648 g/mol. The van der Waals surface area contributed by atoms with Crippen molar-refractivity contribution in [1.82, 2.24) is 4.98 Å². The Kier molecular flexibility index (Phi) is 11.4. The van der Waals surface area contributed by atoms with Gasteiger partial charge in [0.15, 0.2) is 17.4 Å². The van der Waals surface area contributed by atoms with Crippen LogP contribution in [0.4, 0.5) is 18.9 Å². The zero-order chi connectivity index (χ0) is 32.7. The molecular formula is C33H41F3N3O5S+. The third kappa shape index (κ3) is 8.69. The minimum absolute atomic E-state index is 0.0238. The maximum atomic E-state index is 14.0. The molecule has 2 aromatic carbocycles. The van der Waals surface area contributed by atoms with Crippen molar-refractivity contribution < 1.29 is 40.6 Å². The number of aromatic nitrogens is 1. The van der Waals surface area contributed by atoms with Crippen molar-refractivity contribution in [3.63, 3.8) is 0 Å². The number of rotatable bonds is 14. The van der Waals surface area contributed by atoms with Crippen molar-refractivity contribution in [2.75, 3.05) is 31.5 Å². The molecule has 1 saturated heterocycles. The van der Waals surface area contributed by atoms with E-state index >= 15 is 0 Å². The molecule has 1 aromatic heterocycles. The number of quaternary nitrogens is 1. The number of aryl methyl sites for hydroxylation is 1. The molecule has 0 aliphatic carbocycles. The first-order valence-corrected chi connectivity index (χ1v) is 16.7. The smallest absolute Gasteiger partial charge is 0.350 e. The highest BCUT2D eigenvalue weighted by atomic mass is 32.2. The van der Waals surface area contributed by atoms with Crippen LogP contribution in [0.5, 0.6) is 0 Å². The maximum Gasteiger partial charge on any atom is 0.417 e. The second-order valence-corrected chi connectivity index (χ2v) is 13.1. The number of carbonyl (C=O) groups excluding carboxylic acids is 1. The van der Waals surface area contributed by atoms with Gasteiger partial charge in [-0.25, -0.2) is 4.98 Å². The van der Waals surface area contributed by atoms with Gasteiger partial charge in [-0.15, -0.1) is 0 Å². The highest BCUT2D eigenvalue weighted by Gasteiger charge is 2.50. The summed E-state index contributed by atoms with van der Waals surface area (Å²) in [6.07, 6.45) is -0.835. The molecule has 0 radical (unpaired) electrons. The van der Waals surface area contributed by atoms with Crippen LogP contribution in [0.1, 0.15) is 62.1 Å². The van der Waals surface area contributed by atoms with Crippen LogP contribution < -0.4 is 4.72 Å². The Hall–Kier alpha value is -3.32. The van der Waals surface area contributed by atoms with Gasteiger partial charge in [0.25, 0.3) is 10.0 Å². The van der Waals surface area contributed by atoms with E-state index in [0.29, 0.717) is 37.3 Å². The molecule has 4 atom stereocenters. The van der Waals surface area contributed by atoms with Crippen LogP contribution in [0, 0.1) is 5.92 Å². The minimum Gasteiger partial charge on any atom is -0.350 e. The number of alkyl halides is 3. The second-order valence-electron chi connectivity index (χ2n) is 11.4. The van der Waals surface area contributed by atoms with E-state index in [2.05, 4.69) is 28.8 Å². The summed E-state index contributed by atoms with van der Waals surface area (Å²) in [7, 11) is -2.75. The van der Waals surface area contributed by atoms with E-state index < -0.39 is 39.0 Å². The number of carbonyl (C=O) groups is 1. The van der Waals surface area contributed by atoms with Crippen LogP contribution in [-0.4, -0.2) is 56.9 Å². The first-order chi connectivity index (χ1) is 21.4. The van der Waals surface area contributed by atoms with Gasteiger partial charge in [0, 0.05) is 25.4 Å². The fourth-order valence-corrected chi connectivity index (χ4v) is 6.93. The van der Waals surface area contributed by atoms with Gasteiger partial charge in [-0.2, -0.15) is 31.1 Å². The van der Waals surface area contributed by atoms with Gasteiger partial charge in [0.2, 0.25) is 6.29 Å². The number of nitrogens with one attached hydrogen (secondary N) is 1. The number of nitrogens with zero attached hydrogens (tertiary/aromatic N) is 2. The molecule has 0 saturated carbocycles. The van der Waals surface area contributed by atoms with Gasteiger partial charge < -0.3 is 4.74 Å². The molecule has 1 aliphatic rings. The molecule has 4 unspecified atom stereocenters. The van der Waals surface area contributed by atoms with Crippen LogP contribution in [-0.2, 0) is 37.0 Å². The van der Waals surface area contributed by atoms with Crippen molar-refractivity contribution in [2.24, 2.45) is 5.92 Å². The van der Waals surface area contributed by atoms with E-state index in [-0.39, 0.29) is 28.6 Å². The molecule has 8 nitrogen and oxygen atoms in total. The Morgan fingerprint density at radius 3 is 2.40 bits per heavy atom. The Balaban J connectivity index is 1.53. The molecule has 1 N–H and O–H groups in total. The third-order valence-electron chi connectivity index (χ3n) is 8.24. The SMILES string of the molecule is CCCC[N+]1(CCCc2ccccc2)CC(=O)C(C(CC)c2cccc(NS(=O)(=O)c3ccc(C(F)(F)F)cn3)c2)C(OC)O1. The van der Waals surface area contributed by atoms with Crippen molar-refractivity contribution in [3.8, 4) is 0 Å². The lowest BCUT2D eigenvalue weighted by Gasteiger charge is -2.45. The largest absolute Gasteiger partial charge is 0.417 e. The van der Waals surface area contributed by atoms with Crippen LogP contribution in [0.25, 0.3) is 0 Å². The van der Waals surface area contributed by atoms with Crippen LogP contribution in [0.2, 0.25) is 0 Å². The van der Waals surface area contributed by atoms with E-state index in [1.165, 1.54) is 18.7 Å². The number of sulfonamides is 1. The van der Waals surface area contributed by atoms with Gasteiger partial charge >= 0.3 is 6.18 Å². The lowest BCUT2D eigenvalue weighted by Crippen LogP contribution is -2.62. The molecule has 45 heavy (non-hydrogen) atoms. The summed E-state index contributed by atoms with van der Waals surface area (Å²) in [5.41, 5.74) is 1.08. The number of ether oxygens (including phenoxy) is 1. The van der Waals surface area contributed by atoms with E-state index in [4.69, 9.17) is 9.57 Å². The highest BCUT2D eigenvalue weighted by Crippen LogP contribution is 2.39. The Morgan fingerprint density at radius 2 is 1.78 bits per heavy atom. The fraction of sp³-hybridized carbons (Fsp3) is 0.455. The second kappa shape index (κ2) is 14.8. The number of anilines is 1. The number of halogens is 3. The number of hydroxylamine groups is 3. The summed E-state index contributed by atoms with van der Waals surface area (Å²) >= 11 is 0. The summed E-state index contributed by atoms with van der Waals surface area (Å²) in [4.78, 5) is 24.1. The predicted octanol–water partition coefficient (Wildman–Crippen LogP) is 6.75. The quantitative estimate of drug-likeness (QED) is 0.195. The average molecular weight is 649 g/mol. The van der Waals surface area contributed by atoms with Gasteiger partial charge in [0.1, 0.15) is 13.1 Å². The topological polar surface area (TPSA) is 94.6 Å². The van der Waals surface area contributed by atoms with Crippen molar-refractivity contribution >= 4 is 21.5 Å². The lowest BCUT2D eigenvalue weighted by atomic mass is 9.80. The molecule has 0 spiro atoms. The van der Waals surface area contributed by atoms with Crippen LogP contribution in [0.15, 0.2) is 78.0 Å². The molecule has 12 heteroatoms. The summed E-state index contributed by atoms with van der Waals surface area (Å²) in [5, 5.41) is -0.545. The first-order valence-electron chi connectivity index (χ1n) is 15.2. The summed E-state index contributed by atoms with van der Waals surface area (Å²) in [6, 6.07) is 18.3. The predicted molar refractivity (Wildman–Crippen MR) is 164 cm³/mol. The van der Waals surface area contributed by atoms with Gasteiger partial charge in [-0.05, 0) is 60.6 Å². The zero-order valence-corrected chi connectivity index (χ0v) is 26.6. The number of pyridine rings is 1. The number of ketones is 1. The molecule has 244 valence electrons. The highest BCUT2D eigenvalue weighted by molar-refractivity contribution is 7.92. The Morgan fingerprint density at radius 1 is 1.04 bits per heavy atom. The van der Waals surface area contributed by atoms with Gasteiger partial charge in [-0.1, -0.05) is 62.7 Å². The molecule has 4 rings (SSSR count). The number of unbranched alkanes of at least 4 members (excludes halogenated alkanes) is 1. The summed E-state index contributed by atoms with van der Waals surface area (Å²) in [6.45, 7) is 5.61. The standard InChI is InChI=1S/C33H41F3N3O5S/c1-4-6-19-39(20-11-14-24-12-8-7-9-13-24)23-29(40)31(32(43-3)44-39)28(5-2)25-15-10-16-27(21-25)38-45(41,42)30-18-17-26(22-37-30)33(34,35)36/h7-10,12-13,15-18,21-22,28,31-32,38H,4-6,11,14,19-20,23H2,1-3H3/q+1. The Bertz CT molecular complexity index is 1520. The molecule has 3 aromatic rings. The molecular weight excluding hydrogens is 607 g/mol. The van der Waals surface area contributed by atoms with Crippen LogP contribution in [0.3, 0.4) is 0 Å². The van der Waals surface area contributed by atoms with E-state index in [1.54, 1.807) is 12.1 Å². The maximum absolute atomic E-state index is 14.0. The minimum atomic E-state index is -4.64. The summed E-state index contributed by atoms with van der Waals surface area (Å²) < 4.78 is 73.1.